The van der Waals surface area contributed by atoms with Crippen LogP contribution in [-0.4, -0.2) is 25.9 Å². The molecule has 26 heavy (non-hydrogen) atoms. The molecule has 0 spiro atoms. The van der Waals surface area contributed by atoms with Crippen LogP contribution in [-0.2, 0) is 6.54 Å². The zero-order valence-electron chi connectivity index (χ0n) is 13.9. The summed E-state index contributed by atoms with van der Waals surface area (Å²) in [5, 5.41) is 3.56. The smallest absolute Gasteiger partial charge is 0.333 e. The normalized spacial score (nSPS) is 19.0. The fourth-order valence-corrected chi connectivity index (χ4v) is 3.29. The Bertz CT molecular complexity index is 798. The number of hydrogen-bond donors (Lipinski definition) is 1. The third kappa shape index (κ3) is 3.47. The highest BCUT2D eigenvalue weighted by atomic mass is 19.3. The van der Waals surface area contributed by atoms with Gasteiger partial charge in [0, 0.05) is 36.4 Å². The zero-order valence-corrected chi connectivity index (χ0v) is 13.9. The molecule has 1 aliphatic rings. The van der Waals surface area contributed by atoms with E-state index >= 15 is 4.39 Å². The molecule has 0 aromatic carbocycles. The van der Waals surface area contributed by atoms with Crippen LogP contribution in [0.25, 0.3) is 17.2 Å². The molecule has 0 bridgehead atoms. The number of nitrogen functional groups attached to an aromatic ring is 1. The lowest BCUT2D eigenvalue weighted by Gasteiger charge is -2.34. The van der Waals surface area contributed by atoms with Crippen molar-refractivity contribution in [2.45, 2.75) is 50.4 Å². The second-order valence-electron chi connectivity index (χ2n) is 6.67. The molecule has 0 saturated heterocycles. The number of alkyl halides is 5. The van der Waals surface area contributed by atoms with Crippen LogP contribution in [0.4, 0.5) is 27.6 Å². The molecule has 2 heterocycles. The van der Waals surface area contributed by atoms with E-state index in [4.69, 9.17) is 5.73 Å². The highest BCUT2D eigenvalue weighted by Crippen LogP contribution is 2.42. The first-order valence-corrected chi connectivity index (χ1v) is 8.15. The molecule has 2 aromatic heterocycles. The van der Waals surface area contributed by atoms with Crippen LogP contribution in [0.3, 0.4) is 0 Å². The molecule has 1 saturated carbocycles. The highest BCUT2D eigenvalue weighted by Gasteiger charge is 2.44. The van der Waals surface area contributed by atoms with Crippen molar-refractivity contribution in [3.63, 3.8) is 0 Å². The van der Waals surface area contributed by atoms with E-state index in [2.05, 4.69) is 11.7 Å². The Kier molecular flexibility index (Phi) is 4.58. The second-order valence-corrected chi connectivity index (χ2v) is 6.67. The van der Waals surface area contributed by atoms with Gasteiger partial charge >= 0.3 is 6.55 Å². The Hall–Kier alpha value is -2.32. The Labute approximate surface area is 147 Å². The summed E-state index contributed by atoms with van der Waals surface area (Å²) in [5.74, 6) is -2.83. The fourth-order valence-electron chi connectivity index (χ4n) is 3.29. The second kappa shape index (κ2) is 6.44. The van der Waals surface area contributed by atoms with Gasteiger partial charge in [-0.15, -0.1) is 0 Å². The number of rotatable bonds is 5. The van der Waals surface area contributed by atoms with E-state index in [1.807, 2.05) is 0 Å². The summed E-state index contributed by atoms with van der Waals surface area (Å²) in [5.41, 5.74) is 5.71. The Morgan fingerprint density at radius 2 is 1.85 bits per heavy atom. The van der Waals surface area contributed by atoms with Crippen molar-refractivity contribution in [3.8, 4) is 11.1 Å². The van der Waals surface area contributed by atoms with Gasteiger partial charge in [0.05, 0.1) is 24.1 Å². The summed E-state index contributed by atoms with van der Waals surface area (Å²) in [4.78, 5) is 0. The maximum Gasteiger partial charge on any atom is 0.333 e. The maximum atomic E-state index is 15.0. The summed E-state index contributed by atoms with van der Waals surface area (Å²) >= 11 is 0. The van der Waals surface area contributed by atoms with E-state index in [1.54, 1.807) is 0 Å². The lowest BCUT2D eigenvalue weighted by molar-refractivity contribution is -0.0794. The van der Waals surface area contributed by atoms with Gasteiger partial charge in [-0.2, -0.15) is 13.9 Å². The third-order valence-corrected chi connectivity index (χ3v) is 4.80. The van der Waals surface area contributed by atoms with Crippen LogP contribution in [0, 0.1) is 0 Å². The standard InChI is InChI=1S/C17H19F5N4/c1-2-13-14(23)12(11-7-24-26(8-11)15(18)19)9-25(13)10-16(20)3-5-17(21,22)6-4-16/h2,7-9,15H,1,3-6,10,23H2. The Balaban J connectivity index is 1.89. The van der Waals surface area contributed by atoms with Gasteiger partial charge in [-0.25, -0.2) is 17.9 Å². The fraction of sp³-hybridized carbons (Fsp3) is 0.471. The van der Waals surface area contributed by atoms with Gasteiger partial charge in [-0.1, -0.05) is 6.58 Å². The molecule has 9 heteroatoms. The predicted octanol–water partition coefficient (Wildman–Crippen LogP) is 4.89. The van der Waals surface area contributed by atoms with Crippen molar-refractivity contribution < 1.29 is 22.0 Å². The van der Waals surface area contributed by atoms with Gasteiger partial charge in [0.15, 0.2) is 0 Å². The quantitative estimate of drug-likeness (QED) is 0.758. The van der Waals surface area contributed by atoms with E-state index in [0.29, 0.717) is 21.5 Å². The van der Waals surface area contributed by atoms with Gasteiger partial charge in [0.25, 0.3) is 0 Å². The molecule has 0 atom stereocenters. The molecule has 2 N–H and O–H groups in total. The Morgan fingerprint density at radius 1 is 1.19 bits per heavy atom. The summed E-state index contributed by atoms with van der Waals surface area (Å²) in [6.45, 7) is 0.704. The molecule has 0 amide bonds. The first-order valence-electron chi connectivity index (χ1n) is 8.15. The van der Waals surface area contributed by atoms with E-state index in [0.717, 1.165) is 6.20 Å². The molecule has 4 nitrogen and oxygen atoms in total. The van der Waals surface area contributed by atoms with E-state index in [-0.39, 0.29) is 25.1 Å². The predicted molar refractivity (Wildman–Crippen MR) is 88.7 cm³/mol. The highest BCUT2D eigenvalue weighted by molar-refractivity contribution is 5.82. The minimum Gasteiger partial charge on any atom is -0.396 e. The van der Waals surface area contributed by atoms with Crippen LogP contribution in [0.2, 0.25) is 0 Å². The molecule has 0 radical (unpaired) electrons. The van der Waals surface area contributed by atoms with Gasteiger partial charge in [-0.05, 0) is 18.9 Å². The van der Waals surface area contributed by atoms with Gasteiger partial charge < -0.3 is 10.3 Å². The molecular formula is C17H19F5N4. The first kappa shape index (κ1) is 18.5. The van der Waals surface area contributed by atoms with Crippen LogP contribution in [0.15, 0.2) is 25.2 Å². The minimum absolute atomic E-state index is 0.155. The van der Waals surface area contributed by atoms with Crippen LogP contribution in [0.1, 0.15) is 37.9 Å². The zero-order chi connectivity index (χ0) is 19.1. The van der Waals surface area contributed by atoms with Crippen molar-refractivity contribution in [2.24, 2.45) is 0 Å². The van der Waals surface area contributed by atoms with E-state index < -0.39 is 31.0 Å². The molecule has 142 valence electrons. The number of nitrogens with zero attached hydrogens (tertiary/aromatic N) is 3. The maximum absolute atomic E-state index is 15.0. The van der Waals surface area contributed by atoms with Crippen LogP contribution >= 0.6 is 0 Å². The largest absolute Gasteiger partial charge is 0.396 e. The molecule has 0 unspecified atom stereocenters. The van der Waals surface area contributed by atoms with Crippen molar-refractivity contribution in [3.05, 3.63) is 30.9 Å². The average molecular weight is 374 g/mol. The minimum atomic E-state index is -2.83. The van der Waals surface area contributed by atoms with E-state index in [1.165, 1.54) is 23.0 Å². The number of anilines is 1. The first-order chi connectivity index (χ1) is 12.1. The van der Waals surface area contributed by atoms with E-state index in [9.17, 15) is 17.6 Å². The van der Waals surface area contributed by atoms with Crippen LogP contribution < -0.4 is 5.73 Å². The molecule has 2 aromatic rings. The monoisotopic (exact) mass is 374 g/mol. The molecule has 1 aliphatic carbocycles. The number of nitrogens with two attached hydrogens (primary N) is 1. The summed E-state index contributed by atoms with van der Waals surface area (Å²) in [6, 6.07) is 0. The SMILES string of the molecule is C=Cc1c(N)c(-c2cnn(C(F)F)c2)cn1CC1(F)CCC(F)(F)CC1. The average Bonchev–Trinajstić information content (AvgIpc) is 3.16. The summed E-state index contributed by atoms with van der Waals surface area (Å²) in [6.07, 6.45) is 3.81. The van der Waals surface area contributed by atoms with Gasteiger partial charge in [0.1, 0.15) is 5.67 Å². The van der Waals surface area contributed by atoms with Crippen LogP contribution in [0.5, 0.6) is 0 Å². The van der Waals surface area contributed by atoms with Crippen molar-refractivity contribution in [1.29, 1.82) is 0 Å². The number of aromatic nitrogens is 3. The van der Waals surface area contributed by atoms with Gasteiger partial charge in [-0.3, -0.25) is 0 Å². The van der Waals surface area contributed by atoms with Crippen molar-refractivity contribution in [1.82, 2.24) is 14.3 Å². The lowest BCUT2D eigenvalue weighted by atomic mass is 9.84. The summed E-state index contributed by atoms with van der Waals surface area (Å²) in [7, 11) is 0. The van der Waals surface area contributed by atoms with Crippen molar-refractivity contribution >= 4 is 11.8 Å². The topological polar surface area (TPSA) is 48.8 Å². The third-order valence-electron chi connectivity index (χ3n) is 4.80. The molecule has 1 fully saturated rings. The molecular weight excluding hydrogens is 355 g/mol. The Morgan fingerprint density at radius 3 is 2.38 bits per heavy atom. The summed E-state index contributed by atoms with van der Waals surface area (Å²) < 4.78 is 69.0. The molecule has 3 rings (SSSR count). The van der Waals surface area contributed by atoms with Crippen molar-refractivity contribution in [2.75, 3.05) is 5.73 Å². The number of halogens is 5. The lowest BCUT2D eigenvalue weighted by Crippen LogP contribution is -2.38. The molecule has 0 aliphatic heterocycles. The van der Waals surface area contributed by atoms with Gasteiger partial charge in [0.2, 0.25) is 5.92 Å². The number of hydrogen-bond acceptors (Lipinski definition) is 2.